The Morgan fingerprint density at radius 3 is 2.35 bits per heavy atom. The highest BCUT2D eigenvalue weighted by atomic mass is 19.1. The highest BCUT2D eigenvalue weighted by molar-refractivity contribution is 5.94. The van der Waals surface area contributed by atoms with Crippen LogP contribution in [0.1, 0.15) is 34.9 Å². The lowest BCUT2D eigenvalue weighted by Gasteiger charge is -2.34. The van der Waals surface area contributed by atoms with Gasteiger partial charge in [0.05, 0.1) is 6.10 Å². The van der Waals surface area contributed by atoms with E-state index in [4.69, 9.17) is 0 Å². The van der Waals surface area contributed by atoms with Crippen LogP contribution in [0.3, 0.4) is 0 Å². The molecule has 1 N–H and O–H groups in total. The summed E-state index contributed by atoms with van der Waals surface area (Å²) in [5.74, 6) is -0.220. The first-order chi connectivity index (χ1) is 11.1. The number of benzene rings is 1. The molecule has 0 bridgehead atoms. The predicted molar refractivity (Wildman–Crippen MR) is 84.2 cm³/mol. The van der Waals surface area contributed by atoms with Crippen molar-refractivity contribution >= 4 is 5.91 Å². The molecule has 2 heterocycles. The number of aliphatic hydroxyl groups excluding tert-OH is 1. The number of amides is 1. The summed E-state index contributed by atoms with van der Waals surface area (Å²) in [6.45, 7) is 1.23. The maximum atomic E-state index is 13.0. The first-order valence-electron chi connectivity index (χ1n) is 7.78. The van der Waals surface area contributed by atoms with E-state index in [1.807, 2.05) is 4.90 Å². The van der Waals surface area contributed by atoms with Crippen LogP contribution in [0.2, 0.25) is 0 Å². The van der Waals surface area contributed by atoms with Crippen molar-refractivity contribution in [1.29, 1.82) is 0 Å². The van der Waals surface area contributed by atoms with Gasteiger partial charge in [0, 0.05) is 31.0 Å². The minimum absolute atomic E-state index is 0.00196. The molecule has 5 heteroatoms. The van der Waals surface area contributed by atoms with E-state index in [0.717, 1.165) is 18.4 Å². The zero-order valence-corrected chi connectivity index (χ0v) is 12.7. The van der Waals surface area contributed by atoms with Crippen molar-refractivity contribution in [2.45, 2.75) is 18.9 Å². The van der Waals surface area contributed by atoms with Crippen molar-refractivity contribution in [2.75, 3.05) is 13.1 Å². The lowest BCUT2D eigenvalue weighted by molar-refractivity contribution is 0.0462. The van der Waals surface area contributed by atoms with E-state index in [-0.39, 0.29) is 17.6 Å². The molecule has 1 saturated heterocycles. The van der Waals surface area contributed by atoms with Gasteiger partial charge in [-0.05, 0) is 48.6 Å². The minimum Gasteiger partial charge on any atom is -0.388 e. The molecule has 23 heavy (non-hydrogen) atoms. The van der Waals surface area contributed by atoms with Gasteiger partial charge in [0.1, 0.15) is 5.82 Å². The van der Waals surface area contributed by atoms with Crippen LogP contribution in [0.25, 0.3) is 0 Å². The average molecular weight is 314 g/mol. The SMILES string of the molecule is O=C(c1ccncc1)N1CCC(C(O)c2ccc(F)cc2)CC1. The van der Waals surface area contributed by atoms with Gasteiger partial charge >= 0.3 is 0 Å². The van der Waals surface area contributed by atoms with Crippen molar-refractivity contribution in [1.82, 2.24) is 9.88 Å². The van der Waals surface area contributed by atoms with Gasteiger partial charge in [0.15, 0.2) is 0 Å². The van der Waals surface area contributed by atoms with Crippen molar-refractivity contribution < 1.29 is 14.3 Å². The van der Waals surface area contributed by atoms with E-state index in [1.165, 1.54) is 12.1 Å². The standard InChI is InChI=1S/C18H19FN2O2/c19-16-3-1-13(2-4-16)17(22)14-7-11-21(12-8-14)18(23)15-5-9-20-10-6-15/h1-6,9-10,14,17,22H,7-8,11-12H2. The Balaban J connectivity index is 1.60. The Labute approximate surface area is 134 Å². The fourth-order valence-corrected chi connectivity index (χ4v) is 3.03. The summed E-state index contributed by atoms with van der Waals surface area (Å²) in [6.07, 6.45) is 4.06. The zero-order valence-electron chi connectivity index (χ0n) is 12.7. The summed E-state index contributed by atoms with van der Waals surface area (Å²) >= 11 is 0. The Morgan fingerprint density at radius 1 is 1.13 bits per heavy atom. The number of carbonyl (C=O) groups excluding carboxylic acids is 1. The van der Waals surface area contributed by atoms with E-state index in [2.05, 4.69) is 4.98 Å². The maximum absolute atomic E-state index is 13.0. The molecule has 1 fully saturated rings. The molecule has 1 unspecified atom stereocenters. The van der Waals surface area contributed by atoms with Gasteiger partial charge in [0.2, 0.25) is 0 Å². The van der Waals surface area contributed by atoms with E-state index in [1.54, 1.807) is 36.7 Å². The Hall–Kier alpha value is -2.27. The van der Waals surface area contributed by atoms with Gasteiger partial charge < -0.3 is 10.0 Å². The third kappa shape index (κ3) is 3.56. The molecule has 2 aromatic rings. The molecule has 1 aliphatic heterocycles. The number of carbonyl (C=O) groups is 1. The second-order valence-corrected chi connectivity index (χ2v) is 5.86. The van der Waals surface area contributed by atoms with Gasteiger partial charge in [-0.2, -0.15) is 0 Å². The first kappa shape index (κ1) is 15.6. The number of piperidine rings is 1. The van der Waals surface area contributed by atoms with Crippen molar-refractivity contribution in [3.8, 4) is 0 Å². The third-order valence-corrected chi connectivity index (χ3v) is 4.41. The number of pyridine rings is 1. The summed E-state index contributed by atoms with van der Waals surface area (Å²) in [7, 11) is 0. The Kier molecular flexibility index (Phi) is 4.67. The minimum atomic E-state index is -0.617. The number of hydrogen-bond donors (Lipinski definition) is 1. The lowest BCUT2D eigenvalue weighted by atomic mass is 9.87. The van der Waals surface area contributed by atoms with Gasteiger partial charge in [-0.3, -0.25) is 9.78 Å². The van der Waals surface area contributed by atoms with E-state index >= 15 is 0 Å². The summed E-state index contributed by atoms with van der Waals surface area (Å²) in [6, 6.07) is 9.38. The van der Waals surface area contributed by atoms with Crippen LogP contribution in [0.4, 0.5) is 4.39 Å². The molecule has 0 spiro atoms. The fraction of sp³-hybridized carbons (Fsp3) is 0.333. The molecule has 0 radical (unpaired) electrons. The topological polar surface area (TPSA) is 53.4 Å². The predicted octanol–water partition coefficient (Wildman–Crippen LogP) is 2.81. The third-order valence-electron chi connectivity index (χ3n) is 4.41. The molecule has 0 aliphatic carbocycles. The lowest BCUT2D eigenvalue weighted by Crippen LogP contribution is -2.39. The van der Waals surface area contributed by atoms with Crippen molar-refractivity contribution in [3.05, 3.63) is 65.7 Å². The maximum Gasteiger partial charge on any atom is 0.253 e. The van der Waals surface area contributed by atoms with Crippen LogP contribution >= 0.6 is 0 Å². The summed E-state index contributed by atoms with van der Waals surface area (Å²) in [5, 5.41) is 10.4. The van der Waals surface area contributed by atoms with Gasteiger partial charge in [-0.25, -0.2) is 4.39 Å². The quantitative estimate of drug-likeness (QED) is 0.948. The number of hydrogen-bond acceptors (Lipinski definition) is 3. The van der Waals surface area contributed by atoms with E-state index in [9.17, 15) is 14.3 Å². The van der Waals surface area contributed by atoms with Gasteiger partial charge in [0.25, 0.3) is 5.91 Å². The van der Waals surface area contributed by atoms with Crippen LogP contribution in [0.5, 0.6) is 0 Å². The first-order valence-corrected chi connectivity index (χ1v) is 7.78. The van der Waals surface area contributed by atoms with Crippen LogP contribution in [-0.4, -0.2) is 34.0 Å². The Morgan fingerprint density at radius 2 is 1.74 bits per heavy atom. The largest absolute Gasteiger partial charge is 0.388 e. The number of aliphatic hydroxyl groups is 1. The van der Waals surface area contributed by atoms with Crippen LogP contribution in [-0.2, 0) is 0 Å². The van der Waals surface area contributed by atoms with E-state index < -0.39 is 6.10 Å². The number of nitrogens with zero attached hydrogens (tertiary/aromatic N) is 2. The van der Waals surface area contributed by atoms with Crippen LogP contribution < -0.4 is 0 Å². The molecule has 1 atom stereocenters. The molecule has 1 aromatic carbocycles. The molecule has 1 aromatic heterocycles. The molecule has 0 saturated carbocycles. The summed E-state index contributed by atoms with van der Waals surface area (Å²) in [4.78, 5) is 18.1. The zero-order chi connectivity index (χ0) is 16.2. The summed E-state index contributed by atoms with van der Waals surface area (Å²) < 4.78 is 13.0. The molecule has 1 amide bonds. The second-order valence-electron chi connectivity index (χ2n) is 5.86. The van der Waals surface area contributed by atoms with Gasteiger partial charge in [-0.1, -0.05) is 12.1 Å². The normalized spacial score (nSPS) is 17.0. The van der Waals surface area contributed by atoms with Gasteiger partial charge in [-0.15, -0.1) is 0 Å². The molecular formula is C18H19FN2O2. The fourth-order valence-electron chi connectivity index (χ4n) is 3.03. The van der Waals surface area contributed by atoms with Crippen molar-refractivity contribution in [2.24, 2.45) is 5.92 Å². The highest BCUT2D eigenvalue weighted by Gasteiger charge is 2.28. The highest BCUT2D eigenvalue weighted by Crippen LogP contribution is 2.31. The molecule has 1 aliphatic rings. The molecular weight excluding hydrogens is 295 g/mol. The number of likely N-dealkylation sites (tertiary alicyclic amines) is 1. The van der Waals surface area contributed by atoms with E-state index in [0.29, 0.717) is 18.7 Å². The molecule has 120 valence electrons. The number of aromatic nitrogens is 1. The summed E-state index contributed by atoms with van der Waals surface area (Å²) in [5.41, 5.74) is 1.36. The van der Waals surface area contributed by atoms with Crippen LogP contribution in [0.15, 0.2) is 48.8 Å². The number of rotatable bonds is 3. The average Bonchev–Trinajstić information content (AvgIpc) is 2.62. The van der Waals surface area contributed by atoms with Crippen molar-refractivity contribution in [3.63, 3.8) is 0 Å². The smallest absolute Gasteiger partial charge is 0.253 e. The monoisotopic (exact) mass is 314 g/mol. The second kappa shape index (κ2) is 6.87. The molecule has 4 nitrogen and oxygen atoms in total. The molecule has 3 rings (SSSR count). The van der Waals surface area contributed by atoms with Crippen LogP contribution in [0, 0.1) is 11.7 Å². The Bertz CT molecular complexity index is 652. The number of halogens is 1.